The standard InChI is InChI=1S/C8H11ClN2/c1-5(2)7-4-10-8(9)11-6(7)3/h4-5H,1-3H3. The fourth-order valence-corrected chi connectivity index (χ4v) is 1.19. The van der Waals surface area contributed by atoms with Gasteiger partial charge in [0, 0.05) is 11.9 Å². The number of aromatic nitrogens is 2. The van der Waals surface area contributed by atoms with Gasteiger partial charge in [0.05, 0.1) is 0 Å². The van der Waals surface area contributed by atoms with E-state index in [9.17, 15) is 0 Å². The number of rotatable bonds is 1. The van der Waals surface area contributed by atoms with Crippen molar-refractivity contribution in [1.82, 2.24) is 9.97 Å². The summed E-state index contributed by atoms with van der Waals surface area (Å²) in [6.07, 6.45) is 1.79. The van der Waals surface area contributed by atoms with Gasteiger partial charge in [0.15, 0.2) is 0 Å². The van der Waals surface area contributed by atoms with E-state index in [0.29, 0.717) is 11.2 Å². The summed E-state index contributed by atoms with van der Waals surface area (Å²) in [5.74, 6) is 0.465. The monoisotopic (exact) mass is 170 g/mol. The summed E-state index contributed by atoms with van der Waals surface area (Å²) in [6, 6.07) is 0. The molecule has 60 valence electrons. The zero-order valence-corrected chi connectivity index (χ0v) is 7.68. The molecule has 0 saturated heterocycles. The van der Waals surface area contributed by atoms with Crippen LogP contribution in [0.1, 0.15) is 31.0 Å². The molecule has 0 aliphatic heterocycles. The van der Waals surface area contributed by atoms with E-state index in [1.165, 1.54) is 0 Å². The Hall–Kier alpha value is -0.630. The summed E-state index contributed by atoms with van der Waals surface area (Å²) in [5, 5.41) is 0.326. The van der Waals surface area contributed by atoms with Crippen LogP contribution in [-0.4, -0.2) is 9.97 Å². The third-order valence-corrected chi connectivity index (χ3v) is 1.79. The highest BCUT2D eigenvalue weighted by Gasteiger charge is 2.04. The van der Waals surface area contributed by atoms with E-state index in [2.05, 4.69) is 23.8 Å². The third-order valence-electron chi connectivity index (χ3n) is 1.61. The van der Waals surface area contributed by atoms with E-state index >= 15 is 0 Å². The smallest absolute Gasteiger partial charge is 0.222 e. The molecule has 0 aromatic carbocycles. The van der Waals surface area contributed by atoms with Gasteiger partial charge in [-0.25, -0.2) is 9.97 Å². The minimum absolute atomic E-state index is 0.326. The highest BCUT2D eigenvalue weighted by molar-refractivity contribution is 6.28. The number of halogens is 1. The second kappa shape index (κ2) is 3.18. The number of nitrogens with zero attached hydrogens (tertiary/aromatic N) is 2. The quantitative estimate of drug-likeness (QED) is 0.606. The van der Waals surface area contributed by atoms with Crippen molar-refractivity contribution in [2.24, 2.45) is 0 Å². The molecule has 1 aromatic heterocycles. The van der Waals surface area contributed by atoms with Crippen molar-refractivity contribution in [3.05, 3.63) is 22.7 Å². The van der Waals surface area contributed by atoms with Gasteiger partial charge in [-0.2, -0.15) is 0 Å². The second-order valence-electron chi connectivity index (χ2n) is 2.83. The first-order valence-corrected chi connectivity index (χ1v) is 3.98. The van der Waals surface area contributed by atoms with Crippen molar-refractivity contribution in [3.63, 3.8) is 0 Å². The lowest BCUT2D eigenvalue weighted by Gasteiger charge is -2.06. The summed E-state index contributed by atoms with van der Waals surface area (Å²) >= 11 is 5.60. The Balaban J connectivity index is 3.09. The molecule has 0 bridgehead atoms. The van der Waals surface area contributed by atoms with Gasteiger partial charge in [-0.1, -0.05) is 13.8 Å². The minimum Gasteiger partial charge on any atom is -0.226 e. The molecule has 3 heteroatoms. The molecule has 0 amide bonds. The van der Waals surface area contributed by atoms with Crippen LogP contribution in [0, 0.1) is 6.92 Å². The second-order valence-corrected chi connectivity index (χ2v) is 3.17. The zero-order chi connectivity index (χ0) is 8.43. The van der Waals surface area contributed by atoms with E-state index < -0.39 is 0 Å². The average Bonchev–Trinajstić information content (AvgIpc) is 1.85. The van der Waals surface area contributed by atoms with E-state index in [4.69, 9.17) is 11.6 Å². The van der Waals surface area contributed by atoms with Crippen LogP contribution in [0.3, 0.4) is 0 Å². The highest BCUT2D eigenvalue weighted by Crippen LogP contribution is 2.16. The Bertz CT molecular complexity index is 258. The van der Waals surface area contributed by atoms with Crippen LogP contribution in [0.5, 0.6) is 0 Å². The SMILES string of the molecule is Cc1nc(Cl)ncc1C(C)C. The fraction of sp³-hybridized carbons (Fsp3) is 0.500. The molecule has 1 heterocycles. The van der Waals surface area contributed by atoms with Gasteiger partial charge in [0.2, 0.25) is 5.28 Å². The Kier molecular flexibility index (Phi) is 2.45. The van der Waals surface area contributed by atoms with E-state index in [-0.39, 0.29) is 0 Å². The molecular weight excluding hydrogens is 160 g/mol. The minimum atomic E-state index is 0.326. The summed E-state index contributed by atoms with van der Waals surface area (Å²) in [4.78, 5) is 7.96. The summed E-state index contributed by atoms with van der Waals surface area (Å²) in [5.41, 5.74) is 2.13. The highest BCUT2D eigenvalue weighted by atomic mass is 35.5. The van der Waals surface area contributed by atoms with Crippen molar-refractivity contribution in [2.45, 2.75) is 26.7 Å². The number of hydrogen-bond donors (Lipinski definition) is 0. The topological polar surface area (TPSA) is 25.8 Å². The molecule has 0 spiro atoms. The lowest BCUT2D eigenvalue weighted by atomic mass is 10.0. The number of aryl methyl sites for hydroxylation is 1. The van der Waals surface area contributed by atoms with Crippen LogP contribution in [0.25, 0.3) is 0 Å². The van der Waals surface area contributed by atoms with Crippen LogP contribution in [-0.2, 0) is 0 Å². The van der Waals surface area contributed by atoms with Crippen LogP contribution < -0.4 is 0 Å². The largest absolute Gasteiger partial charge is 0.226 e. The molecular formula is C8H11ClN2. The van der Waals surface area contributed by atoms with Crippen LogP contribution >= 0.6 is 11.6 Å². The van der Waals surface area contributed by atoms with Gasteiger partial charge in [0.1, 0.15) is 0 Å². The van der Waals surface area contributed by atoms with Crippen LogP contribution in [0.4, 0.5) is 0 Å². The van der Waals surface area contributed by atoms with E-state index in [1.54, 1.807) is 6.20 Å². The maximum atomic E-state index is 5.60. The molecule has 0 aliphatic rings. The van der Waals surface area contributed by atoms with Gasteiger partial charge in [0.25, 0.3) is 0 Å². The van der Waals surface area contributed by atoms with Gasteiger partial charge >= 0.3 is 0 Å². The normalized spacial score (nSPS) is 10.6. The Morgan fingerprint density at radius 1 is 1.45 bits per heavy atom. The lowest BCUT2D eigenvalue weighted by molar-refractivity contribution is 0.829. The molecule has 0 unspecified atom stereocenters. The third kappa shape index (κ3) is 1.90. The molecule has 2 nitrogen and oxygen atoms in total. The van der Waals surface area contributed by atoms with Gasteiger partial charge < -0.3 is 0 Å². The van der Waals surface area contributed by atoms with Gasteiger partial charge in [-0.15, -0.1) is 0 Å². The molecule has 11 heavy (non-hydrogen) atoms. The summed E-state index contributed by atoms with van der Waals surface area (Å²) in [6.45, 7) is 6.17. The molecule has 0 atom stereocenters. The Labute approximate surface area is 71.6 Å². The molecule has 0 fully saturated rings. The first-order valence-electron chi connectivity index (χ1n) is 3.60. The van der Waals surface area contributed by atoms with Crippen molar-refractivity contribution in [3.8, 4) is 0 Å². The van der Waals surface area contributed by atoms with Gasteiger partial charge in [-0.3, -0.25) is 0 Å². The van der Waals surface area contributed by atoms with E-state index in [0.717, 1.165) is 11.3 Å². The maximum Gasteiger partial charge on any atom is 0.222 e. The van der Waals surface area contributed by atoms with Gasteiger partial charge in [-0.05, 0) is 30.0 Å². The number of hydrogen-bond acceptors (Lipinski definition) is 2. The van der Waals surface area contributed by atoms with Crippen molar-refractivity contribution in [2.75, 3.05) is 0 Å². The van der Waals surface area contributed by atoms with Crippen molar-refractivity contribution < 1.29 is 0 Å². The fourth-order valence-electron chi connectivity index (χ4n) is 1.01. The Morgan fingerprint density at radius 3 is 2.55 bits per heavy atom. The first kappa shape index (κ1) is 8.47. The summed E-state index contributed by atoms with van der Waals surface area (Å²) < 4.78 is 0. The average molecular weight is 171 g/mol. The predicted molar refractivity (Wildman–Crippen MR) is 45.9 cm³/mol. The molecule has 0 N–H and O–H groups in total. The first-order chi connectivity index (χ1) is 5.11. The zero-order valence-electron chi connectivity index (χ0n) is 6.93. The van der Waals surface area contributed by atoms with Crippen molar-refractivity contribution >= 4 is 11.6 Å². The summed E-state index contributed by atoms with van der Waals surface area (Å²) in [7, 11) is 0. The molecule has 0 radical (unpaired) electrons. The predicted octanol–water partition coefficient (Wildman–Crippen LogP) is 2.56. The van der Waals surface area contributed by atoms with Crippen LogP contribution in [0.15, 0.2) is 6.20 Å². The molecule has 0 saturated carbocycles. The maximum absolute atomic E-state index is 5.60. The molecule has 1 rings (SSSR count). The van der Waals surface area contributed by atoms with E-state index in [1.807, 2.05) is 6.92 Å². The lowest BCUT2D eigenvalue weighted by Crippen LogP contribution is -1.96. The van der Waals surface area contributed by atoms with Crippen LogP contribution in [0.2, 0.25) is 5.28 Å². The molecule has 1 aromatic rings. The molecule has 0 aliphatic carbocycles. The van der Waals surface area contributed by atoms with Crippen molar-refractivity contribution in [1.29, 1.82) is 0 Å². The Morgan fingerprint density at radius 2 is 2.09 bits per heavy atom.